The van der Waals surface area contributed by atoms with Gasteiger partial charge in [0.1, 0.15) is 17.6 Å². The number of carboxylic acid groups (broad SMARTS) is 1. The summed E-state index contributed by atoms with van der Waals surface area (Å²) in [6.07, 6.45) is 5.02. The summed E-state index contributed by atoms with van der Waals surface area (Å²) in [5.41, 5.74) is 1.50. The van der Waals surface area contributed by atoms with Crippen molar-refractivity contribution in [2.45, 2.75) is 56.1 Å². The van der Waals surface area contributed by atoms with Gasteiger partial charge in [0, 0.05) is 30.5 Å². The monoisotopic (exact) mass is 301 g/mol. The number of para-hydroxylation sites is 1. The lowest BCUT2D eigenvalue weighted by atomic mass is 9.85. The molecule has 118 valence electrons. The zero-order valence-electron chi connectivity index (χ0n) is 13.4. The maximum absolute atomic E-state index is 11.9. The molecule has 0 radical (unpaired) electrons. The van der Waals surface area contributed by atoms with Crippen LogP contribution in [0.4, 0.5) is 5.69 Å². The third kappa shape index (κ3) is 1.87. The minimum absolute atomic E-state index is 0.566. The molecule has 1 aromatic carbocycles. The van der Waals surface area contributed by atoms with E-state index in [4.69, 9.17) is 0 Å². The Morgan fingerprint density at radius 2 is 1.91 bits per heavy atom. The SMILES string of the molecule is CN1C2CCC1CC([NH+]1CC(C)(C(=O)O)c3ccccc31)C2. The zero-order chi connectivity index (χ0) is 15.5. The number of piperidine rings is 1. The Morgan fingerprint density at radius 3 is 2.55 bits per heavy atom. The highest BCUT2D eigenvalue weighted by Gasteiger charge is 2.53. The molecular weight excluding hydrogens is 276 g/mol. The van der Waals surface area contributed by atoms with E-state index in [1.165, 1.54) is 36.3 Å². The highest BCUT2D eigenvalue weighted by atomic mass is 16.4. The highest BCUT2D eigenvalue weighted by molar-refractivity contribution is 5.83. The highest BCUT2D eigenvalue weighted by Crippen LogP contribution is 2.37. The van der Waals surface area contributed by atoms with Crippen molar-refractivity contribution in [3.63, 3.8) is 0 Å². The van der Waals surface area contributed by atoms with E-state index in [0.717, 1.165) is 5.56 Å². The first-order valence-corrected chi connectivity index (χ1v) is 8.41. The van der Waals surface area contributed by atoms with Gasteiger partial charge >= 0.3 is 5.97 Å². The largest absolute Gasteiger partial charge is 0.480 e. The van der Waals surface area contributed by atoms with Crippen molar-refractivity contribution in [3.05, 3.63) is 29.8 Å². The number of aliphatic carboxylic acids is 1. The normalized spacial score (nSPS) is 40.6. The van der Waals surface area contributed by atoms with Crippen molar-refractivity contribution in [3.8, 4) is 0 Å². The van der Waals surface area contributed by atoms with Gasteiger partial charge in [-0.05, 0) is 32.9 Å². The van der Waals surface area contributed by atoms with E-state index < -0.39 is 11.4 Å². The molecule has 4 rings (SSSR count). The molecular formula is C18H25N2O2+. The summed E-state index contributed by atoms with van der Waals surface area (Å²) in [4.78, 5) is 15.8. The molecule has 3 aliphatic rings. The van der Waals surface area contributed by atoms with Gasteiger partial charge in [0.25, 0.3) is 0 Å². The van der Waals surface area contributed by atoms with Crippen LogP contribution in [-0.2, 0) is 10.2 Å². The second-order valence-corrected chi connectivity index (χ2v) is 7.60. The van der Waals surface area contributed by atoms with Gasteiger partial charge in [-0.15, -0.1) is 0 Å². The number of fused-ring (bicyclic) bond motifs is 3. The molecule has 0 spiro atoms. The summed E-state index contributed by atoms with van der Waals surface area (Å²) in [5, 5.41) is 9.77. The number of benzene rings is 1. The van der Waals surface area contributed by atoms with E-state index in [9.17, 15) is 9.90 Å². The maximum atomic E-state index is 11.9. The Balaban J connectivity index is 1.68. The Morgan fingerprint density at radius 1 is 1.27 bits per heavy atom. The van der Waals surface area contributed by atoms with Gasteiger partial charge in [-0.25, -0.2) is 0 Å². The van der Waals surface area contributed by atoms with Gasteiger partial charge in [0.2, 0.25) is 0 Å². The van der Waals surface area contributed by atoms with Crippen LogP contribution in [0.3, 0.4) is 0 Å². The zero-order valence-corrected chi connectivity index (χ0v) is 13.4. The number of carboxylic acids is 1. The molecule has 2 N–H and O–H groups in total. The summed E-state index contributed by atoms with van der Waals surface area (Å²) in [7, 11) is 2.26. The van der Waals surface area contributed by atoms with Gasteiger partial charge in [0.15, 0.2) is 0 Å². The van der Waals surface area contributed by atoms with Crippen molar-refractivity contribution in [1.29, 1.82) is 0 Å². The van der Waals surface area contributed by atoms with Crippen LogP contribution >= 0.6 is 0 Å². The van der Waals surface area contributed by atoms with Gasteiger partial charge in [-0.3, -0.25) is 14.6 Å². The minimum atomic E-state index is -0.742. The smallest absolute Gasteiger partial charge is 0.319 e. The number of carbonyl (C=O) groups is 1. The van der Waals surface area contributed by atoms with E-state index in [2.05, 4.69) is 24.1 Å². The lowest BCUT2D eigenvalue weighted by molar-refractivity contribution is -0.859. The van der Waals surface area contributed by atoms with E-state index in [-0.39, 0.29) is 0 Å². The minimum Gasteiger partial charge on any atom is -0.480 e. The van der Waals surface area contributed by atoms with Gasteiger partial charge in [-0.1, -0.05) is 18.2 Å². The molecule has 4 atom stereocenters. The van der Waals surface area contributed by atoms with Crippen LogP contribution < -0.4 is 4.90 Å². The predicted octanol–water partition coefficient (Wildman–Crippen LogP) is 1.18. The summed E-state index contributed by atoms with van der Waals surface area (Å²) in [6.45, 7) is 2.58. The second-order valence-electron chi connectivity index (χ2n) is 7.60. The molecule has 0 aliphatic carbocycles. The fourth-order valence-electron chi connectivity index (χ4n) is 5.07. The van der Waals surface area contributed by atoms with Crippen molar-refractivity contribution in [2.75, 3.05) is 13.6 Å². The molecule has 2 fully saturated rings. The van der Waals surface area contributed by atoms with E-state index in [1.54, 1.807) is 0 Å². The number of rotatable bonds is 2. The predicted molar refractivity (Wildman–Crippen MR) is 84.5 cm³/mol. The third-order valence-corrected chi connectivity index (χ3v) is 6.47. The number of nitrogens with zero attached hydrogens (tertiary/aromatic N) is 1. The summed E-state index contributed by atoms with van der Waals surface area (Å²) < 4.78 is 0. The molecule has 3 aliphatic heterocycles. The standard InChI is InChI=1S/C18H24N2O2/c1-18(17(21)22)11-20(16-6-4-3-5-15(16)18)14-9-12-7-8-13(10-14)19(12)2/h3-6,12-14H,7-11H2,1-2H3,(H,21,22)/p+1. The Hall–Kier alpha value is -1.39. The average Bonchev–Trinajstić information content (AvgIpc) is 2.90. The molecule has 0 amide bonds. The topological polar surface area (TPSA) is 45.0 Å². The first kappa shape index (κ1) is 14.2. The third-order valence-electron chi connectivity index (χ3n) is 6.47. The van der Waals surface area contributed by atoms with E-state index >= 15 is 0 Å². The number of nitrogens with one attached hydrogen (secondary N) is 1. The van der Waals surface area contributed by atoms with Crippen molar-refractivity contribution in [2.24, 2.45) is 0 Å². The summed E-state index contributed by atoms with van der Waals surface area (Å²) >= 11 is 0. The van der Waals surface area contributed by atoms with E-state index in [0.29, 0.717) is 24.7 Å². The lowest BCUT2D eigenvalue weighted by Crippen LogP contribution is -3.11. The molecule has 2 bridgehead atoms. The first-order chi connectivity index (χ1) is 10.5. The van der Waals surface area contributed by atoms with Crippen LogP contribution in [0.5, 0.6) is 0 Å². The van der Waals surface area contributed by atoms with Crippen LogP contribution in [0.25, 0.3) is 0 Å². The van der Waals surface area contributed by atoms with Crippen molar-refractivity contribution < 1.29 is 14.8 Å². The quantitative estimate of drug-likeness (QED) is 0.862. The molecule has 3 heterocycles. The Kier molecular flexibility index (Phi) is 3.10. The molecule has 4 nitrogen and oxygen atoms in total. The van der Waals surface area contributed by atoms with Crippen LogP contribution in [-0.4, -0.2) is 47.7 Å². The molecule has 4 heteroatoms. The summed E-state index contributed by atoms with van der Waals surface area (Å²) in [5.74, 6) is -0.689. The molecule has 22 heavy (non-hydrogen) atoms. The number of quaternary nitrogens is 1. The van der Waals surface area contributed by atoms with Crippen LogP contribution in [0.2, 0.25) is 0 Å². The van der Waals surface area contributed by atoms with E-state index in [1.807, 2.05) is 19.1 Å². The molecule has 0 aromatic heterocycles. The fourth-order valence-corrected chi connectivity index (χ4v) is 5.07. The second kappa shape index (κ2) is 4.80. The van der Waals surface area contributed by atoms with Gasteiger partial charge in [0.05, 0.1) is 6.04 Å². The molecule has 2 saturated heterocycles. The summed E-state index contributed by atoms with van der Waals surface area (Å²) in [6, 6.07) is 10.1. The maximum Gasteiger partial charge on any atom is 0.319 e. The van der Waals surface area contributed by atoms with Gasteiger partial charge in [-0.2, -0.15) is 0 Å². The number of hydrogen-bond acceptors (Lipinski definition) is 2. The first-order valence-electron chi connectivity index (χ1n) is 8.41. The number of hydrogen-bond donors (Lipinski definition) is 2. The van der Waals surface area contributed by atoms with Crippen LogP contribution in [0.15, 0.2) is 24.3 Å². The molecule has 0 saturated carbocycles. The molecule has 4 unspecified atom stereocenters. The Bertz CT molecular complexity index is 603. The molecule has 1 aromatic rings. The van der Waals surface area contributed by atoms with Crippen molar-refractivity contribution >= 4 is 11.7 Å². The fraction of sp³-hybridized carbons (Fsp3) is 0.611. The van der Waals surface area contributed by atoms with Crippen LogP contribution in [0, 0.1) is 0 Å². The van der Waals surface area contributed by atoms with Crippen LogP contribution in [0.1, 0.15) is 38.2 Å². The average molecular weight is 301 g/mol. The lowest BCUT2D eigenvalue weighted by Gasteiger charge is -2.38. The van der Waals surface area contributed by atoms with Crippen molar-refractivity contribution in [1.82, 2.24) is 4.90 Å². The Labute approximate surface area is 131 Å². The van der Waals surface area contributed by atoms with Gasteiger partial charge < -0.3 is 5.11 Å².